The van der Waals surface area contributed by atoms with Crippen LogP contribution in [-0.4, -0.2) is 76.4 Å². The van der Waals surface area contributed by atoms with Gasteiger partial charge in [0.15, 0.2) is 5.96 Å². The minimum atomic E-state index is -0.233. The molecule has 1 aliphatic rings. The highest BCUT2D eigenvalue weighted by Gasteiger charge is 2.21. The molecule has 1 unspecified atom stereocenters. The Hall–Kier alpha value is -0.610. The van der Waals surface area contributed by atoms with E-state index in [1.54, 1.807) is 7.05 Å². The summed E-state index contributed by atoms with van der Waals surface area (Å²) in [5.41, 5.74) is 0. The van der Waals surface area contributed by atoms with Crippen molar-refractivity contribution in [2.24, 2.45) is 10.9 Å². The summed E-state index contributed by atoms with van der Waals surface area (Å²) in [5, 5.41) is 6.33. The lowest BCUT2D eigenvalue weighted by atomic mass is 10.2. The maximum absolute atomic E-state index is 11.1. The second-order valence-electron chi connectivity index (χ2n) is 5.85. The molecular formula is C15H31IN4O3. The summed E-state index contributed by atoms with van der Waals surface area (Å²) in [5.74, 6) is 1.11. The minimum absolute atomic E-state index is 0. The van der Waals surface area contributed by atoms with Gasteiger partial charge in [-0.3, -0.25) is 14.7 Å². The molecule has 1 saturated heterocycles. The molecule has 0 saturated carbocycles. The van der Waals surface area contributed by atoms with Gasteiger partial charge in [0, 0.05) is 39.8 Å². The van der Waals surface area contributed by atoms with E-state index in [4.69, 9.17) is 4.74 Å². The predicted octanol–water partition coefficient (Wildman–Crippen LogP) is 0.689. The number of nitrogens with zero attached hydrogens (tertiary/aromatic N) is 2. The molecule has 1 rings (SSSR count). The van der Waals surface area contributed by atoms with E-state index >= 15 is 0 Å². The zero-order chi connectivity index (χ0) is 16.4. The number of aliphatic imine (C=N–C) groups is 1. The minimum Gasteiger partial charge on any atom is -0.469 e. The van der Waals surface area contributed by atoms with Crippen molar-refractivity contribution < 1.29 is 14.3 Å². The first kappa shape index (κ1) is 22.4. The molecule has 1 fully saturated rings. The van der Waals surface area contributed by atoms with Gasteiger partial charge < -0.3 is 20.1 Å². The number of carbonyl (C=O) groups excluding carboxylic acids is 1. The first-order valence-corrected chi connectivity index (χ1v) is 7.90. The van der Waals surface area contributed by atoms with Gasteiger partial charge in [-0.15, -0.1) is 24.0 Å². The first-order valence-electron chi connectivity index (χ1n) is 7.90. The average Bonchev–Trinajstić information content (AvgIpc) is 2.50. The quantitative estimate of drug-likeness (QED) is 0.262. The maximum atomic E-state index is 11.1. The van der Waals surface area contributed by atoms with Crippen molar-refractivity contribution in [1.82, 2.24) is 15.5 Å². The number of guanidine groups is 1. The third-order valence-corrected chi connectivity index (χ3v) is 3.42. The smallest absolute Gasteiger partial charge is 0.307 e. The van der Waals surface area contributed by atoms with E-state index in [0.29, 0.717) is 31.4 Å². The third kappa shape index (κ3) is 9.98. The lowest BCUT2D eigenvalue weighted by Crippen LogP contribution is -2.50. The molecule has 7 nitrogen and oxygen atoms in total. The highest BCUT2D eigenvalue weighted by molar-refractivity contribution is 14.0. The number of rotatable bonds is 7. The van der Waals surface area contributed by atoms with Gasteiger partial charge in [0.2, 0.25) is 0 Å². The fourth-order valence-electron chi connectivity index (χ4n) is 2.40. The van der Waals surface area contributed by atoms with E-state index in [-0.39, 0.29) is 36.0 Å². The van der Waals surface area contributed by atoms with Crippen LogP contribution >= 0.6 is 24.0 Å². The molecule has 0 aromatic rings. The van der Waals surface area contributed by atoms with Gasteiger partial charge in [-0.1, -0.05) is 13.8 Å². The van der Waals surface area contributed by atoms with Crippen molar-refractivity contribution in [3.05, 3.63) is 0 Å². The normalized spacial score (nSPS) is 19.2. The summed E-state index contributed by atoms with van der Waals surface area (Å²) >= 11 is 0. The van der Waals surface area contributed by atoms with Crippen LogP contribution in [0, 0.1) is 5.92 Å². The molecule has 23 heavy (non-hydrogen) atoms. The van der Waals surface area contributed by atoms with Crippen LogP contribution in [0.15, 0.2) is 4.99 Å². The summed E-state index contributed by atoms with van der Waals surface area (Å²) in [6.45, 7) is 9.47. The number of ether oxygens (including phenoxy) is 2. The monoisotopic (exact) mass is 442 g/mol. The Morgan fingerprint density at radius 3 is 2.78 bits per heavy atom. The van der Waals surface area contributed by atoms with Crippen molar-refractivity contribution in [3.63, 3.8) is 0 Å². The van der Waals surface area contributed by atoms with Crippen molar-refractivity contribution in [3.8, 4) is 0 Å². The van der Waals surface area contributed by atoms with E-state index in [0.717, 1.165) is 26.2 Å². The lowest BCUT2D eigenvalue weighted by molar-refractivity contribution is -0.140. The molecular weight excluding hydrogens is 411 g/mol. The molecule has 1 atom stereocenters. The fraction of sp³-hybridized carbons (Fsp3) is 0.867. The molecule has 1 heterocycles. The summed E-state index contributed by atoms with van der Waals surface area (Å²) < 4.78 is 10.4. The molecule has 0 aliphatic carbocycles. The molecule has 0 spiro atoms. The SMILES string of the molecule is CN=C(NCCC(=O)OC)NCC1CN(CC(C)C)CCO1.I. The second kappa shape index (κ2) is 12.8. The second-order valence-corrected chi connectivity index (χ2v) is 5.85. The topological polar surface area (TPSA) is 75.2 Å². The molecule has 0 bridgehead atoms. The molecule has 8 heteroatoms. The average molecular weight is 442 g/mol. The fourth-order valence-corrected chi connectivity index (χ4v) is 2.40. The van der Waals surface area contributed by atoms with Crippen LogP contribution in [-0.2, 0) is 14.3 Å². The first-order chi connectivity index (χ1) is 10.5. The van der Waals surface area contributed by atoms with E-state index in [2.05, 4.69) is 39.1 Å². The Morgan fingerprint density at radius 2 is 2.17 bits per heavy atom. The molecule has 0 amide bonds. The van der Waals surface area contributed by atoms with Crippen molar-refractivity contribution >= 4 is 35.9 Å². The van der Waals surface area contributed by atoms with Crippen LogP contribution in [0.3, 0.4) is 0 Å². The van der Waals surface area contributed by atoms with Crippen LogP contribution in [0.5, 0.6) is 0 Å². The highest BCUT2D eigenvalue weighted by atomic mass is 127. The van der Waals surface area contributed by atoms with E-state index < -0.39 is 0 Å². The van der Waals surface area contributed by atoms with Crippen molar-refractivity contribution in [1.29, 1.82) is 0 Å². The lowest BCUT2D eigenvalue weighted by Gasteiger charge is -2.34. The number of carbonyl (C=O) groups is 1. The summed E-state index contributed by atoms with van der Waals surface area (Å²) in [7, 11) is 3.10. The number of hydrogen-bond acceptors (Lipinski definition) is 5. The molecule has 0 aromatic heterocycles. The van der Waals surface area contributed by atoms with Gasteiger partial charge in [-0.2, -0.15) is 0 Å². The van der Waals surface area contributed by atoms with Crippen molar-refractivity contribution in [2.75, 3.05) is 53.5 Å². The number of nitrogens with one attached hydrogen (secondary N) is 2. The number of morpholine rings is 1. The van der Waals surface area contributed by atoms with E-state index in [1.165, 1.54) is 7.11 Å². The Kier molecular flexibility index (Phi) is 12.4. The van der Waals surface area contributed by atoms with Crippen LogP contribution in [0.25, 0.3) is 0 Å². The maximum Gasteiger partial charge on any atom is 0.307 e. The third-order valence-electron chi connectivity index (χ3n) is 3.42. The van der Waals surface area contributed by atoms with E-state index in [9.17, 15) is 4.79 Å². The van der Waals surface area contributed by atoms with Gasteiger partial charge in [0.05, 0.1) is 26.2 Å². The van der Waals surface area contributed by atoms with Gasteiger partial charge >= 0.3 is 5.97 Å². The number of methoxy groups -OCH3 is 1. The molecule has 1 aliphatic heterocycles. The molecule has 0 radical (unpaired) electrons. The van der Waals surface area contributed by atoms with Crippen LogP contribution in [0.4, 0.5) is 0 Å². The molecule has 2 N–H and O–H groups in total. The van der Waals surface area contributed by atoms with Gasteiger partial charge in [-0.25, -0.2) is 0 Å². The van der Waals surface area contributed by atoms with Gasteiger partial charge in [-0.05, 0) is 5.92 Å². The summed E-state index contributed by atoms with van der Waals surface area (Å²) in [4.78, 5) is 17.6. The highest BCUT2D eigenvalue weighted by Crippen LogP contribution is 2.07. The van der Waals surface area contributed by atoms with Crippen LogP contribution in [0.2, 0.25) is 0 Å². The molecule has 0 aromatic carbocycles. The summed E-state index contributed by atoms with van der Waals surface area (Å²) in [6.07, 6.45) is 0.478. The predicted molar refractivity (Wildman–Crippen MR) is 102 cm³/mol. The standard InChI is InChI=1S/C15H30N4O3.HI/c1-12(2)10-19-7-8-22-13(11-19)9-18-15(16-3)17-6-5-14(20)21-4;/h12-13H,5-11H2,1-4H3,(H2,16,17,18);1H. The summed E-state index contributed by atoms with van der Waals surface area (Å²) in [6, 6.07) is 0. The molecule has 136 valence electrons. The Bertz CT molecular complexity index is 367. The zero-order valence-corrected chi connectivity index (χ0v) is 17.0. The largest absolute Gasteiger partial charge is 0.469 e. The number of hydrogen-bond donors (Lipinski definition) is 2. The Balaban J connectivity index is 0.00000484. The number of halogens is 1. The Labute approximate surface area is 156 Å². The Morgan fingerprint density at radius 1 is 1.43 bits per heavy atom. The zero-order valence-electron chi connectivity index (χ0n) is 14.6. The van der Waals surface area contributed by atoms with E-state index in [1.807, 2.05) is 0 Å². The number of esters is 1. The van der Waals surface area contributed by atoms with Gasteiger partial charge in [0.1, 0.15) is 0 Å². The van der Waals surface area contributed by atoms with Crippen molar-refractivity contribution in [2.45, 2.75) is 26.4 Å². The van der Waals surface area contributed by atoms with Crippen LogP contribution in [0.1, 0.15) is 20.3 Å². The van der Waals surface area contributed by atoms with Gasteiger partial charge in [0.25, 0.3) is 0 Å². The van der Waals surface area contributed by atoms with Crippen LogP contribution < -0.4 is 10.6 Å².